The fourth-order valence-corrected chi connectivity index (χ4v) is 3.03. The van der Waals surface area contributed by atoms with Crippen LogP contribution in [0.4, 0.5) is 0 Å². The van der Waals surface area contributed by atoms with E-state index in [1.807, 2.05) is 0 Å². The van der Waals surface area contributed by atoms with Crippen LogP contribution in [-0.2, 0) is 0 Å². The van der Waals surface area contributed by atoms with Gasteiger partial charge >= 0.3 is 0 Å². The lowest BCUT2D eigenvalue weighted by atomic mass is 9.91. The Balaban J connectivity index is 2.47. The zero-order valence-corrected chi connectivity index (χ0v) is 12.7. The molecule has 0 aromatic heterocycles. The van der Waals surface area contributed by atoms with Crippen LogP contribution in [0, 0.1) is 5.92 Å². The summed E-state index contributed by atoms with van der Waals surface area (Å²) in [6.07, 6.45) is 4.83. The Morgan fingerprint density at radius 1 is 1.50 bits per heavy atom. The van der Waals surface area contributed by atoms with Gasteiger partial charge in [0.15, 0.2) is 0 Å². The van der Waals surface area contributed by atoms with E-state index in [9.17, 15) is 5.11 Å². The zero-order valence-electron chi connectivity index (χ0n) is 12.7. The van der Waals surface area contributed by atoms with Crippen molar-refractivity contribution in [2.24, 2.45) is 5.92 Å². The van der Waals surface area contributed by atoms with Gasteiger partial charge in [-0.2, -0.15) is 0 Å². The highest BCUT2D eigenvalue weighted by molar-refractivity contribution is 4.88. The van der Waals surface area contributed by atoms with E-state index in [-0.39, 0.29) is 12.1 Å². The van der Waals surface area contributed by atoms with Gasteiger partial charge < -0.3 is 15.3 Å². The summed E-state index contributed by atoms with van der Waals surface area (Å²) in [5.74, 6) is 0.824. The van der Waals surface area contributed by atoms with E-state index in [0.29, 0.717) is 6.04 Å². The average molecular weight is 256 g/mol. The first-order valence-electron chi connectivity index (χ1n) is 7.60. The molecule has 108 valence electrons. The van der Waals surface area contributed by atoms with Crippen LogP contribution in [0.15, 0.2) is 0 Å². The molecule has 0 radical (unpaired) electrons. The smallest absolute Gasteiger partial charge is 0.0611 e. The number of hydrogen-bond donors (Lipinski definition) is 2. The molecule has 0 amide bonds. The lowest BCUT2D eigenvalue weighted by Gasteiger charge is -2.40. The predicted octanol–water partition coefficient (Wildman–Crippen LogP) is 2.25. The van der Waals surface area contributed by atoms with E-state index in [1.54, 1.807) is 0 Å². The second-order valence-electron chi connectivity index (χ2n) is 6.44. The van der Waals surface area contributed by atoms with Crippen LogP contribution in [0.25, 0.3) is 0 Å². The molecule has 0 aliphatic carbocycles. The van der Waals surface area contributed by atoms with Crippen LogP contribution in [0.1, 0.15) is 53.4 Å². The molecule has 18 heavy (non-hydrogen) atoms. The maximum atomic E-state index is 9.63. The second kappa shape index (κ2) is 7.46. The Morgan fingerprint density at radius 3 is 2.78 bits per heavy atom. The lowest BCUT2D eigenvalue weighted by molar-refractivity contribution is 0.0881. The van der Waals surface area contributed by atoms with Crippen LogP contribution in [-0.4, -0.2) is 47.8 Å². The maximum absolute atomic E-state index is 9.63. The number of aliphatic hydroxyl groups excluding tert-OH is 1. The lowest BCUT2D eigenvalue weighted by Crippen LogP contribution is -2.52. The minimum Gasteiger partial charge on any atom is -0.394 e. The number of nitrogens with zero attached hydrogens (tertiary/aromatic N) is 1. The molecule has 1 saturated heterocycles. The van der Waals surface area contributed by atoms with Gasteiger partial charge in [0, 0.05) is 18.1 Å². The molecule has 0 spiro atoms. The number of aliphatic hydroxyl groups is 1. The zero-order chi connectivity index (χ0) is 13.6. The molecule has 3 atom stereocenters. The van der Waals surface area contributed by atoms with Gasteiger partial charge in [0.25, 0.3) is 0 Å². The number of nitrogens with one attached hydrogen (secondary N) is 1. The molecule has 1 aliphatic heterocycles. The van der Waals surface area contributed by atoms with E-state index in [0.717, 1.165) is 25.3 Å². The van der Waals surface area contributed by atoms with Crippen molar-refractivity contribution in [1.29, 1.82) is 0 Å². The molecule has 0 saturated carbocycles. The fraction of sp³-hybridized carbons (Fsp3) is 1.00. The van der Waals surface area contributed by atoms with E-state index < -0.39 is 0 Å². The number of piperidine rings is 1. The van der Waals surface area contributed by atoms with E-state index in [1.165, 1.54) is 25.9 Å². The first-order valence-corrected chi connectivity index (χ1v) is 7.60. The number of rotatable bonds is 7. The molecule has 2 N–H and O–H groups in total. The maximum Gasteiger partial charge on any atom is 0.0611 e. The average Bonchev–Trinajstić information content (AvgIpc) is 2.36. The van der Waals surface area contributed by atoms with Crippen LogP contribution >= 0.6 is 0 Å². The molecule has 1 aliphatic rings. The van der Waals surface area contributed by atoms with Crippen LogP contribution < -0.4 is 5.32 Å². The highest BCUT2D eigenvalue weighted by Crippen LogP contribution is 2.22. The Kier molecular flexibility index (Phi) is 6.61. The Bertz CT molecular complexity index is 235. The van der Waals surface area contributed by atoms with Crippen molar-refractivity contribution < 1.29 is 5.11 Å². The van der Waals surface area contributed by atoms with Crippen molar-refractivity contribution in [2.75, 3.05) is 26.2 Å². The molecule has 0 bridgehead atoms. The fourth-order valence-electron chi connectivity index (χ4n) is 3.03. The van der Waals surface area contributed by atoms with E-state index in [2.05, 4.69) is 37.9 Å². The van der Waals surface area contributed by atoms with Gasteiger partial charge in [-0.3, -0.25) is 0 Å². The Hall–Kier alpha value is -0.120. The van der Waals surface area contributed by atoms with Crippen molar-refractivity contribution in [3.63, 3.8) is 0 Å². The Morgan fingerprint density at radius 2 is 2.22 bits per heavy atom. The quantitative estimate of drug-likeness (QED) is 0.733. The molecule has 1 fully saturated rings. The summed E-state index contributed by atoms with van der Waals surface area (Å²) < 4.78 is 0. The minimum absolute atomic E-state index is 0.129. The third kappa shape index (κ3) is 4.87. The molecular weight excluding hydrogens is 224 g/mol. The van der Waals surface area contributed by atoms with Crippen molar-refractivity contribution in [3.05, 3.63) is 0 Å². The van der Waals surface area contributed by atoms with Gasteiger partial charge in [0.05, 0.1) is 6.61 Å². The summed E-state index contributed by atoms with van der Waals surface area (Å²) in [4.78, 5) is 2.59. The first-order chi connectivity index (χ1) is 8.50. The van der Waals surface area contributed by atoms with E-state index >= 15 is 0 Å². The summed E-state index contributed by atoms with van der Waals surface area (Å²) >= 11 is 0. The van der Waals surface area contributed by atoms with Gasteiger partial charge in [0.2, 0.25) is 0 Å². The van der Waals surface area contributed by atoms with Gasteiger partial charge in [-0.05, 0) is 58.5 Å². The highest BCUT2D eigenvalue weighted by Gasteiger charge is 2.29. The summed E-state index contributed by atoms with van der Waals surface area (Å²) in [6.45, 7) is 12.6. The summed E-state index contributed by atoms with van der Waals surface area (Å²) in [7, 11) is 0. The van der Waals surface area contributed by atoms with Crippen LogP contribution in [0.3, 0.4) is 0 Å². The molecule has 3 unspecified atom stereocenters. The van der Waals surface area contributed by atoms with Crippen LogP contribution in [0.2, 0.25) is 0 Å². The van der Waals surface area contributed by atoms with Crippen molar-refractivity contribution in [3.8, 4) is 0 Å². The molecule has 1 heterocycles. The van der Waals surface area contributed by atoms with Crippen molar-refractivity contribution >= 4 is 0 Å². The van der Waals surface area contributed by atoms with Gasteiger partial charge in [-0.25, -0.2) is 0 Å². The van der Waals surface area contributed by atoms with Crippen molar-refractivity contribution in [2.45, 2.75) is 65.0 Å². The normalized spacial score (nSPS) is 26.8. The second-order valence-corrected chi connectivity index (χ2v) is 6.44. The molecular formula is C15H32N2O. The minimum atomic E-state index is -0.129. The SMILES string of the molecule is CCCNC(C)(CO)CC(C)N1CCCC(C)C1. The molecule has 3 heteroatoms. The molecule has 1 rings (SSSR count). The largest absolute Gasteiger partial charge is 0.394 e. The summed E-state index contributed by atoms with van der Waals surface area (Å²) in [5.41, 5.74) is -0.129. The van der Waals surface area contributed by atoms with Gasteiger partial charge in [-0.15, -0.1) is 0 Å². The molecule has 0 aromatic rings. The van der Waals surface area contributed by atoms with Gasteiger partial charge in [-0.1, -0.05) is 13.8 Å². The standard InChI is InChI=1S/C15H32N2O/c1-5-8-16-15(4,12-18)10-14(3)17-9-6-7-13(2)11-17/h13-14,16,18H,5-12H2,1-4H3. The summed E-state index contributed by atoms with van der Waals surface area (Å²) in [6, 6.07) is 0.550. The van der Waals surface area contributed by atoms with Gasteiger partial charge in [0.1, 0.15) is 0 Å². The third-order valence-electron chi connectivity index (χ3n) is 4.21. The topological polar surface area (TPSA) is 35.5 Å². The third-order valence-corrected chi connectivity index (χ3v) is 4.21. The highest BCUT2D eigenvalue weighted by atomic mass is 16.3. The monoisotopic (exact) mass is 256 g/mol. The van der Waals surface area contributed by atoms with Crippen LogP contribution in [0.5, 0.6) is 0 Å². The summed E-state index contributed by atoms with van der Waals surface area (Å²) in [5, 5.41) is 13.1. The predicted molar refractivity (Wildman–Crippen MR) is 77.8 cm³/mol. The first kappa shape index (κ1) is 15.9. The van der Waals surface area contributed by atoms with E-state index in [4.69, 9.17) is 0 Å². The van der Waals surface area contributed by atoms with Crippen molar-refractivity contribution in [1.82, 2.24) is 10.2 Å². The Labute approximate surface area is 113 Å². The molecule has 3 nitrogen and oxygen atoms in total. The number of likely N-dealkylation sites (tertiary alicyclic amines) is 1. The molecule has 0 aromatic carbocycles. The number of hydrogen-bond acceptors (Lipinski definition) is 3.